The summed E-state index contributed by atoms with van der Waals surface area (Å²) in [4.78, 5) is 29.2. The van der Waals surface area contributed by atoms with E-state index in [1.807, 2.05) is 0 Å². The molecule has 0 radical (unpaired) electrons. The first kappa shape index (κ1) is 17.6. The topological polar surface area (TPSA) is 96.4 Å². The van der Waals surface area contributed by atoms with Crippen molar-refractivity contribution in [3.63, 3.8) is 0 Å². The van der Waals surface area contributed by atoms with E-state index in [0.717, 1.165) is 13.1 Å². The fourth-order valence-corrected chi connectivity index (χ4v) is 3.47. The lowest BCUT2D eigenvalue weighted by Crippen LogP contribution is -2.43. The Balaban J connectivity index is 1.62. The number of furan rings is 2. The summed E-state index contributed by atoms with van der Waals surface area (Å²) in [6.07, 6.45) is 2.85. The summed E-state index contributed by atoms with van der Waals surface area (Å²) in [6.45, 7) is 3.84. The van der Waals surface area contributed by atoms with E-state index in [-0.39, 0.29) is 11.3 Å². The summed E-state index contributed by atoms with van der Waals surface area (Å²) < 4.78 is 16.0. The largest absolute Gasteiger partial charge is 0.503 e. The van der Waals surface area contributed by atoms with Crippen molar-refractivity contribution in [2.45, 2.75) is 6.04 Å². The third-order valence-electron chi connectivity index (χ3n) is 4.87. The maximum atomic E-state index is 12.9. The Morgan fingerprint density at radius 1 is 1.11 bits per heavy atom. The number of carbonyl (C=O) groups excluding carboxylic acids is 2. The van der Waals surface area contributed by atoms with Gasteiger partial charge in [0.1, 0.15) is 11.8 Å². The van der Waals surface area contributed by atoms with Crippen LogP contribution >= 0.6 is 0 Å². The monoisotopic (exact) mass is 372 g/mol. The van der Waals surface area contributed by atoms with Crippen LogP contribution in [0.25, 0.3) is 0 Å². The molecule has 1 atom stereocenters. The SMILES string of the molecule is O=C(C1=C(O)C(=O)N(CCN2CCOCC2)C1c1ccco1)c1ccco1. The van der Waals surface area contributed by atoms with Crippen LogP contribution in [0.5, 0.6) is 0 Å². The number of rotatable bonds is 6. The standard InChI is InChI=1S/C19H20N2O6/c22-17(14-4-2-10-27-14)15-16(13-3-1-9-26-13)21(19(24)18(15)23)6-5-20-7-11-25-12-8-20/h1-4,9-10,16,23H,5-8,11-12H2. The molecule has 2 aliphatic heterocycles. The Hall–Kier alpha value is -2.84. The van der Waals surface area contributed by atoms with Crippen LogP contribution in [0.3, 0.4) is 0 Å². The zero-order valence-corrected chi connectivity index (χ0v) is 14.7. The molecule has 1 fully saturated rings. The van der Waals surface area contributed by atoms with Gasteiger partial charge in [-0.1, -0.05) is 0 Å². The zero-order chi connectivity index (χ0) is 18.8. The Morgan fingerprint density at radius 3 is 2.52 bits per heavy atom. The molecule has 2 aliphatic rings. The number of aliphatic hydroxyl groups excluding tert-OH is 1. The average Bonchev–Trinajstić information content (AvgIpc) is 3.43. The first-order chi connectivity index (χ1) is 13.2. The van der Waals surface area contributed by atoms with E-state index in [2.05, 4.69) is 4.90 Å². The second-order valence-corrected chi connectivity index (χ2v) is 6.44. The molecule has 2 aromatic rings. The van der Waals surface area contributed by atoms with Gasteiger partial charge in [0.25, 0.3) is 5.91 Å². The number of aliphatic hydroxyl groups is 1. The molecule has 27 heavy (non-hydrogen) atoms. The number of ketones is 1. The molecule has 4 heterocycles. The van der Waals surface area contributed by atoms with Gasteiger partial charge in [-0.2, -0.15) is 0 Å². The van der Waals surface area contributed by atoms with Gasteiger partial charge < -0.3 is 23.6 Å². The van der Waals surface area contributed by atoms with Crippen molar-refractivity contribution in [2.24, 2.45) is 0 Å². The van der Waals surface area contributed by atoms with Crippen LogP contribution < -0.4 is 0 Å². The number of amides is 1. The molecule has 1 saturated heterocycles. The molecule has 1 N–H and O–H groups in total. The molecular weight excluding hydrogens is 352 g/mol. The summed E-state index contributed by atoms with van der Waals surface area (Å²) >= 11 is 0. The molecule has 0 spiro atoms. The molecule has 0 bridgehead atoms. The van der Waals surface area contributed by atoms with Crippen molar-refractivity contribution in [3.8, 4) is 0 Å². The molecule has 8 nitrogen and oxygen atoms in total. The molecule has 1 amide bonds. The van der Waals surface area contributed by atoms with Gasteiger partial charge in [-0.25, -0.2) is 0 Å². The lowest BCUT2D eigenvalue weighted by Gasteiger charge is -2.30. The van der Waals surface area contributed by atoms with Crippen molar-refractivity contribution in [2.75, 3.05) is 39.4 Å². The molecule has 0 aromatic carbocycles. The Kier molecular flexibility index (Phi) is 4.83. The molecule has 142 valence electrons. The summed E-state index contributed by atoms with van der Waals surface area (Å²) in [5.74, 6) is -1.18. The first-order valence-electron chi connectivity index (χ1n) is 8.82. The lowest BCUT2D eigenvalue weighted by molar-refractivity contribution is -0.130. The van der Waals surface area contributed by atoms with Gasteiger partial charge >= 0.3 is 0 Å². The summed E-state index contributed by atoms with van der Waals surface area (Å²) in [6, 6.07) is 5.67. The van der Waals surface area contributed by atoms with Crippen molar-refractivity contribution >= 4 is 11.7 Å². The summed E-state index contributed by atoms with van der Waals surface area (Å²) in [7, 11) is 0. The molecule has 2 aromatic heterocycles. The van der Waals surface area contributed by atoms with Crippen molar-refractivity contribution in [3.05, 3.63) is 59.6 Å². The van der Waals surface area contributed by atoms with E-state index in [1.54, 1.807) is 18.2 Å². The van der Waals surface area contributed by atoms with E-state index < -0.39 is 23.5 Å². The number of hydrogen-bond acceptors (Lipinski definition) is 7. The van der Waals surface area contributed by atoms with E-state index >= 15 is 0 Å². The highest BCUT2D eigenvalue weighted by Crippen LogP contribution is 2.39. The van der Waals surface area contributed by atoms with Gasteiger partial charge in [-0.05, 0) is 24.3 Å². The fraction of sp³-hybridized carbons (Fsp3) is 0.368. The second kappa shape index (κ2) is 7.42. The van der Waals surface area contributed by atoms with E-state index in [4.69, 9.17) is 13.6 Å². The van der Waals surface area contributed by atoms with E-state index in [0.29, 0.717) is 32.1 Å². The molecule has 1 unspecified atom stereocenters. The van der Waals surface area contributed by atoms with Gasteiger partial charge in [0.15, 0.2) is 11.5 Å². The average molecular weight is 372 g/mol. The first-order valence-corrected chi connectivity index (χ1v) is 8.82. The number of hydrogen-bond donors (Lipinski definition) is 1. The van der Waals surface area contributed by atoms with Crippen LogP contribution in [0.15, 0.2) is 57.0 Å². The number of carbonyl (C=O) groups is 2. The van der Waals surface area contributed by atoms with Crippen molar-refractivity contribution in [1.29, 1.82) is 0 Å². The quantitative estimate of drug-likeness (QED) is 0.772. The Labute approximate surface area is 155 Å². The number of nitrogens with zero attached hydrogens (tertiary/aromatic N) is 2. The third kappa shape index (κ3) is 3.29. The van der Waals surface area contributed by atoms with Gasteiger partial charge in [-0.3, -0.25) is 14.5 Å². The van der Waals surface area contributed by atoms with Crippen LogP contribution in [-0.4, -0.2) is 66.0 Å². The normalized spacial score (nSPS) is 21.3. The van der Waals surface area contributed by atoms with Gasteiger partial charge in [0, 0.05) is 26.2 Å². The van der Waals surface area contributed by atoms with Gasteiger partial charge in [-0.15, -0.1) is 0 Å². The van der Waals surface area contributed by atoms with Crippen LogP contribution in [0, 0.1) is 0 Å². The van der Waals surface area contributed by atoms with Crippen molar-refractivity contribution < 1.29 is 28.3 Å². The predicted octanol–water partition coefficient (Wildman–Crippen LogP) is 1.78. The molecule has 0 saturated carbocycles. The second-order valence-electron chi connectivity index (χ2n) is 6.44. The van der Waals surface area contributed by atoms with E-state index in [9.17, 15) is 14.7 Å². The number of ether oxygens (including phenoxy) is 1. The highest BCUT2D eigenvalue weighted by molar-refractivity contribution is 6.14. The Bertz CT molecular complexity index is 834. The van der Waals surface area contributed by atoms with Crippen LogP contribution in [-0.2, 0) is 9.53 Å². The smallest absolute Gasteiger partial charge is 0.290 e. The van der Waals surface area contributed by atoms with Crippen molar-refractivity contribution in [1.82, 2.24) is 9.80 Å². The Morgan fingerprint density at radius 2 is 1.85 bits per heavy atom. The maximum absolute atomic E-state index is 12.9. The molecule has 4 rings (SSSR count). The summed E-state index contributed by atoms with van der Waals surface area (Å²) in [5.41, 5.74) is -0.0214. The minimum atomic E-state index is -0.786. The maximum Gasteiger partial charge on any atom is 0.290 e. The van der Waals surface area contributed by atoms with Gasteiger partial charge in [0.2, 0.25) is 5.78 Å². The third-order valence-corrected chi connectivity index (χ3v) is 4.87. The summed E-state index contributed by atoms with van der Waals surface area (Å²) in [5, 5.41) is 10.5. The number of Topliss-reactive ketones (excluding diaryl/α,β-unsaturated/α-hetero) is 1. The zero-order valence-electron chi connectivity index (χ0n) is 14.7. The van der Waals surface area contributed by atoms with Crippen LogP contribution in [0.4, 0.5) is 0 Å². The molecule has 0 aliphatic carbocycles. The van der Waals surface area contributed by atoms with Crippen LogP contribution in [0.2, 0.25) is 0 Å². The minimum absolute atomic E-state index is 0.0214. The molecular formula is C19H20N2O6. The highest BCUT2D eigenvalue weighted by Gasteiger charge is 2.45. The fourth-order valence-electron chi connectivity index (χ4n) is 3.47. The van der Waals surface area contributed by atoms with Gasteiger partial charge in [0.05, 0.1) is 31.3 Å². The minimum Gasteiger partial charge on any atom is -0.503 e. The lowest BCUT2D eigenvalue weighted by atomic mass is 10.00. The highest BCUT2D eigenvalue weighted by atomic mass is 16.5. The predicted molar refractivity (Wildman–Crippen MR) is 93.1 cm³/mol. The van der Waals surface area contributed by atoms with Crippen LogP contribution in [0.1, 0.15) is 22.4 Å². The van der Waals surface area contributed by atoms with E-state index in [1.165, 1.54) is 23.5 Å². The molecule has 8 heteroatoms. The number of morpholine rings is 1.